The number of aromatic nitrogens is 9. The largest absolute Gasteiger partial charge is 0.236 e. The van der Waals surface area contributed by atoms with Crippen molar-refractivity contribution < 1.29 is 0 Å². The Bertz CT molecular complexity index is 7710. The van der Waals surface area contributed by atoms with Crippen LogP contribution in [0.1, 0.15) is 0 Å². The summed E-state index contributed by atoms with van der Waals surface area (Å²) < 4.78 is 3.54. The van der Waals surface area contributed by atoms with E-state index in [1.807, 2.05) is 127 Å². The normalized spacial score (nSPS) is 11.3. The van der Waals surface area contributed by atoms with Gasteiger partial charge in [0, 0.05) is 72.3 Å². The van der Waals surface area contributed by atoms with Crippen molar-refractivity contribution in [1.82, 2.24) is 44.9 Å². The van der Waals surface area contributed by atoms with Crippen molar-refractivity contribution in [3.05, 3.63) is 455 Å². The predicted molar refractivity (Wildman–Crippen MR) is 540 cm³/mol. The summed E-state index contributed by atoms with van der Waals surface area (Å²) in [6.45, 7) is 0. The summed E-state index contributed by atoms with van der Waals surface area (Å²) in [5.74, 6) is 2.14. The lowest BCUT2D eigenvalue weighted by Crippen LogP contribution is -1.97. The molecular formula is C117H75N9S3. The van der Waals surface area contributed by atoms with Gasteiger partial charge in [0.15, 0.2) is 17.5 Å². The fourth-order valence-corrected chi connectivity index (χ4v) is 19.9. The molecule has 6 aromatic heterocycles. The molecule has 0 aliphatic rings. The second-order valence-electron chi connectivity index (χ2n) is 31.4. The Morgan fingerprint density at radius 2 is 0.411 bits per heavy atom. The molecule has 0 saturated carbocycles. The van der Waals surface area contributed by atoms with Crippen molar-refractivity contribution in [2.24, 2.45) is 0 Å². The zero-order chi connectivity index (χ0) is 85.8. The molecule has 0 aliphatic carbocycles. The first-order chi connectivity index (χ1) is 63.9. The number of para-hydroxylation sites is 1. The molecule has 18 aromatic carbocycles. The summed E-state index contributed by atoms with van der Waals surface area (Å²) in [4.78, 5) is 45.7. The van der Waals surface area contributed by atoms with Crippen molar-refractivity contribution in [2.45, 2.75) is 0 Å². The molecule has 0 N–H and O–H groups in total. The lowest BCUT2D eigenvalue weighted by atomic mass is 9.94. The van der Waals surface area contributed by atoms with Gasteiger partial charge in [-0.3, -0.25) is 0 Å². The van der Waals surface area contributed by atoms with Gasteiger partial charge in [-0.25, -0.2) is 44.9 Å². The van der Waals surface area contributed by atoms with E-state index in [9.17, 15) is 0 Å². The van der Waals surface area contributed by atoms with E-state index in [1.54, 1.807) is 34.0 Å². The Morgan fingerprint density at radius 1 is 0.140 bits per heavy atom. The molecule has 24 aromatic rings. The third-order valence-electron chi connectivity index (χ3n) is 23.3. The van der Waals surface area contributed by atoms with Crippen LogP contribution < -0.4 is 0 Å². The van der Waals surface area contributed by atoms with Gasteiger partial charge < -0.3 is 0 Å². The molecule has 0 amide bonds. The van der Waals surface area contributed by atoms with E-state index in [4.69, 9.17) is 44.9 Å². The van der Waals surface area contributed by atoms with Crippen LogP contribution in [0.5, 0.6) is 0 Å². The minimum atomic E-state index is 0.709. The van der Waals surface area contributed by atoms with E-state index in [0.717, 1.165) is 182 Å². The van der Waals surface area contributed by atoms with Crippen LogP contribution in [0.2, 0.25) is 0 Å². The second kappa shape index (κ2) is 35.3. The molecule has 0 fully saturated rings. The standard InChI is InChI=1S/3C39H25N3S/c1-4-13-26(14-5-1)34-25-35(27-15-6-2-7-16-27)41-38(40-34)33-24-23-31(29-19-10-11-20-30(29)33)32-21-12-22-36-37(32)42-39(43-36)28-17-8-3-9-18-28;1-4-12-26(13-5-1)34-25-35(27-14-6-2-7-15-27)41-38(40-34)33-22-21-30(31-18-10-11-19-32(31)33)29-20-23-37-36(24-29)42-39(43-37)28-16-8-3-9-17-28;1-4-12-26(13-5-1)35-25-36(27-14-6-2-7-15-27)41-38(40-35)33-22-21-30(31-18-10-11-19-32(31)33)29-20-23-34-37(24-29)43-39(42-34)28-16-8-3-9-17-28/h3*1-25H. The smallest absolute Gasteiger partial charge is 0.161 e. The third kappa shape index (κ3) is 16.2. The minimum Gasteiger partial charge on any atom is -0.236 e. The molecule has 0 spiro atoms. The van der Waals surface area contributed by atoms with Crippen molar-refractivity contribution in [1.29, 1.82) is 0 Å². The fraction of sp³-hybridized carbons (Fsp3) is 0. The van der Waals surface area contributed by atoms with Gasteiger partial charge in [-0.15, -0.1) is 34.0 Å². The highest BCUT2D eigenvalue weighted by molar-refractivity contribution is 7.22. The van der Waals surface area contributed by atoms with Crippen LogP contribution in [0, 0.1) is 0 Å². The van der Waals surface area contributed by atoms with Gasteiger partial charge >= 0.3 is 0 Å². The highest BCUT2D eigenvalue weighted by atomic mass is 32.1. The lowest BCUT2D eigenvalue weighted by molar-refractivity contribution is 1.19. The van der Waals surface area contributed by atoms with E-state index in [2.05, 4.69) is 328 Å². The predicted octanol–water partition coefficient (Wildman–Crippen LogP) is 31.7. The van der Waals surface area contributed by atoms with Crippen LogP contribution in [0.25, 0.3) is 230 Å². The quantitative estimate of drug-likeness (QED) is 0.0989. The summed E-state index contributed by atoms with van der Waals surface area (Å²) in [6, 6.07) is 158. The molecular weight excluding hydrogens is 1630 g/mol. The summed E-state index contributed by atoms with van der Waals surface area (Å²) in [5.41, 5.74) is 28.3. The molecule has 606 valence electrons. The van der Waals surface area contributed by atoms with E-state index in [0.29, 0.717) is 17.5 Å². The van der Waals surface area contributed by atoms with Crippen LogP contribution in [0.3, 0.4) is 0 Å². The molecule has 0 atom stereocenters. The molecule has 129 heavy (non-hydrogen) atoms. The maximum absolute atomic E-state index is 5.13. The fourth-order valence-electron chi connectivity index (χ4n) is 16.9. The van der Waals surface area contributed by atoms with Gasteiger partial charge in [-0.05, 0) is 127 Å². The minimum absolute atomic E-state index is 0.709. The van der Waals surface area contributed by atoms with E-state index in [-0.39, 0.29) is 0 Å². The number of rotatable bonds is 15. The first kappa shape index (κ1) is 78.6. The summed E-state index contributed by atoms with van der Waals surface area (Å²) >= 11 is 5.19. The highest BCUT2D eigenvalue weighted by Gasteiger charge is 2.23. The van der Waals surface area contributed by atoms with Gasteiger partial charge in [0.25, 0.3) is 0 Å². The van der Waals surface area contributed by atoms with Crippen molar-refractivity contribution in [3.63, 3.8) is 0 Å². The number of thiazole rings is 3. The number of fused-ring (bicyclic) bond motifs is 6. The second-order valence-corrected chi connectivity index (χ2v) is 34.5. The number of nitrogens with zero attached hydrogens (tertiary/aromatic N) is 9. The summed E-state index contributed by atoms with van der Waals surface area (Å²) in [5, 5.41) is 9.94. The Labute approximate surface area is 757 Å². The monoisotopic (exact) mass is 1700 g/mol. The van der Waals surface area contributed by atoms with Gasteiger partial charge in [0.05, 0.1) is 64.8 Å². The zero-order valence-corrected chi connectivity index (χ0v) is 72.0. The van der Waals surface area contributed by atoms with Crippen LogP contribution in [-0.4, -0.2) is 44.9 Å². The maximum Gasteiger partial charge on any atom is 0.161 e. The van der Waals surface area contributed by atoms with E-state index in [1.165, 1.54) is 30.6 Å². The lowest BCUT2D eigenvalue weighted by Gasteiger charge is -2.14. The number of hydrogen-bond acceptors (Lipinski definition) is 12. The Balaban J connectivity index is 0.000000114. The van der Waals surface area contributed by atoms with Crippen molar-refractivity contribution in [2.75, 3.05) is 0 Å². The van der Waals surface area contributed by atoms with E-state index >= 15 is 0 Å². The van der Waals surface area contributed by atoms with Gasteiger partial charge in [-0.1, -0.05) is 388 Å². The van der Waals surface area contributed by atoms with Crippen molar-refractivity contribution >= 4 is 97.0 Å². The van der Waals surface area contributed by atoms with Crippen LogP contribution in [0.15, 0.2) is 455 Å². The molecule has 0 radical (unpaired) electrons. The molecule has 9 nitrogen and oxygen atoms in total. The van der Waals surface area contributed by atoms with Crippen LogP contribution >= 0.6 is 34.0 Å². The van der Waals surface area contributed by atoms with Crippen molar-refractivity contribution in [3.8, 4) is 167 Å². The summed E-state index contributed by atoms with van der Waals surface area (Å²) in [6.07, 6.45) is 0. The third-order valence-corrected chi connectivity index (χ3v) is 26.5. The first-order valence-corrected chi connectivity index (χ1v) is 45.3. The van der Waals surface area contributed by atoms with Gasteiger partial charge in [0.2, 0.25) is 0 Å². The molecule has 6 heterocycles. The zero-order valence-electron chi connectivity index (χ0n) is 69.6. The topological polar surface area (TPSA) is 116 Å². The Kier molecular flexibility index (Phi) is 21.5. The average Bonchev–Trinajstić information content (AvgIpc) is 1.71. The molecule has 0 unspecified atom stereocenters. The van der Waals surface area contributed by atoms with Crippen LogP contribution in [-0.2, 0) is 0 Å². The molecule has 12 heteroatoms. The van der Waals surface area contributed by atoms with E-state index < -0.39 is 0 Å². The first-order valence-electron chi connectivity index (χ1n) is 42.9. The Morgan fingerprint density at radius 3 is 0.775 bits per heavy atom. The van der Waals surface area contributed by atoms with Gasteiger partial charge in [0.1, 0.15) is 15.0 Å². The van der Waals surface area contributed by atoms with Crippen LogP contribution in [0.4, 0.5) is 0 Å². The number of hydrogen-bond donors (Lipinski definition) is 0. The molecule has 24 rings (SSSR count). The molecule has 0 saturated heterocycles. The summed E-state index contributed by atoms with van der Waals surface area (Å²) in [7, 11) is 0. The highest BCUT2D eigenvalue weighted by Crippen LogP contribution is 2.45. The average molecular weight is 1700 g/mol. The maximum atomic E-state index is 5.13. The molecule has 0 bridgehead atoms. The SMILES string of the molecule is c1ccc(-c2cc(-c3ccccc3)nc(-c3ccc(-c4ccc5nc(-c6ccccc6)sc5c4)c4ccccc34)n2)cc1.c1ccc(-c2cc(-c3ccccc3)nc(-c3ccc(-c4ccc5sc(-c6ccccc6)nc5c4)c4ccccc34)n2)cc1.c1ccc(-c2cc(-c3ccccc3)nc(-c3ccc(-c4cccc5sc(-c6ccccc6)nc45)c4ccccc34)n2)cc1. The molecule has 0 aliphatic heterocycles. The van der Waals surface area contributed by atoms with Gasteiger partial charge in [-0.2, -0.15) is 0 Å². The Hall–Kier alpha value is -16.4. The number of benzene rings is 18.